The third kappa shape index (κ3) is 4.22. The van der Waals surface area contributed by atoms with E-state index in [0.29, 0.717) is 26.2 Å². The second kappa shape index (κ2) is 8.34. The molecule has 0 spiro atoms. The number of rotatable bonds is 4. The third-order valence-electron chi connectivity index (χ3n) is 4.95. The molecule has 3 aromatic rings. The normalized spacial score (nSPS) is 15.6. The minimum atomic E-state index is -4.76. The Labute approximate surface area is 175 Å². The van der Waals surface area contributed by atoms with Gasteiger partial charge in [-0.3, -0.25) is 19.0 Å². The number of carbonyl (C=O) groups excluding carboxylic acids is 2. The lowest BCUT2D eigenvalue weighted by Crippen LogP contribution is -2.46. The van der Waals surface area contributed by atoms with Gasteiger partial charge in [0, 0.05) is 38.6 Å². The fraction of sp³-hybridized carbons (Fsp3) is 0.300. The highest BCUT2D eigenvalue weighted by Crippen LogP contribution is 2.32. The van der Waals surface area contributed by atoms with Crippen molar-refractivity contribution in [3.05, 3.63) is 66.0 Å². The van der Waals surface area contributed by atoms with E-state index in [1.54, 1.807) is 23.2 Å². The van der Waals surface area contributed by atoms with Gasteiger partial charge in [0.25, 0.3) is 11.8 Å². The maximum absolute atomic E-state index is 13.6. The van der Waals surface area contributed by atoms with Crippen molar-refractivity contribution in [2.24, 2.45) is 0 Å². The number of nitrogens with zero attached hydrogens (tertiary/aromatic N) is 4. The summed E-state index contributed by atoms with van der Waals surface area (Å²) in [6.45, 7) is 2.19. The van der Waals surface area contributed by atoms with E-state index >= 15 is 0 Å². The molecule has 1 unspecified atom stereocenters. The maximum Gasteiger partial charge on any atom is 0.414 e. The Morgan fingerprint density at radius 3 is 2.52 bits per heavy atom. The molecule has 0 aliphatic carbocycles. The van der Waals surface area contributed by atoms with E-state index in [2.05, 4.69) is 15.3 Å². The Morgan fingerprint density at radius 2 is 1.84 bits per heavy atom. The molecule has 2 amide bonds. The van der Waals surface area contributed by atoms with Gasteiger partial charge < -0.3 is 15.5 Å². The molecule has 11 heteroatoms. The number of piperazine rings is 1. The molecule has 1 aliphatic rings. The van der Waals surface area contributed by atoms with Gasteiger partial charge in [-0.2, -0.15) is 13.2 Å². The largest absolute Gasteiger partial charge is 0.414 e. The summed E-state index contributed by atoms with van der Waals surface area (Å²) >= 11 is 0. The fourth-order valence-electron chi connectivity index (χ4n) is 3.43. The Balaban J connectivity index is 1.69. The van der Waals surface area contributed by atoms with Crippen LogP contribution in [-0.2, 0) is 0 Å². The molecule has 0 aromatic carbocycles. The second-order valence-corrected chi connectivity index (χ2v) is 6.98. The van der Waals surface area contributed by atoms with E-state index < -0.39 is 18.1 Å². The average Bonchev–Trinajstić information content (AvgIpc) is 3.17. The minimum Gasteiger partial charge on any atom is -0.334 e. The smallest absolute Gasteiger partial charge is 0.334 e. The molecule has 4 rings (SSSR count). The van der Waals surface area contributed by atoms with Gasteiger partial charge >= 0.3 is 6.18 Å². The molecule has 162 valence electrons. The molecule has 0 radical (unpaired) electrons. The van der Waals surface area contributed by atoms with Gasteiger partial charge in [-0.15, -0.1) is 0 Å². The van der Waals surface area contributed by atoms with Crippen LogP contribution in [-0.4, -0.2) is 63.4 Å². The van der Waals surface area contributed by atoms with Crippen molar-refractivity contribution in [1.82, 2.24) is 29.9 Å². The monoisotopic (exact) mass is 432 g/mol. The van der Waals surface area contributed by atoms with Crippen LogP contribution in [0.3, 0.4) is 0 Å². The molecule has 1 saturated heterocycles. The number of hydrogen-bond acceptors (Lipinski definition) is 5. The molecule has 2 N–H and O–H groups in total. The quantitative estimate of drug-likeness (QED) is 0.656. The number of hydrogen-bond donors (Lipinski definition) is 2. The van der Waals surface area contributed by atoms with Crippen LogP contribution in [0.5, 0.6) is 0 Å². The van der Waals surface area contributed by atoms with Gasteiger partial charge in [0.1, 0.15) is 0 Å². The van der Waals surface area contributed by atoms with Gasteiger partial charge in [-0.25, -0.2) is 4.98 Å². The number of alkyl halides is 3. The number of aromatic nitrogens is 3. The summed E-state index contributed by atoms with van der Waals surface area (Å²) < 4.78 is 42.3. The first-order valence-electron chi connectivity index (χ1n) is 9.62. The van der Waals surface area contributed by atoms with Gasteiger partial charge in [0.05, 0.1) is 11.2 Å². The molecule has 1 fully saturated rings. The average molecular weight is 432 g/mol. The molecule has 4 heterocycles. The summed E-state index contributed by atoms with van der Waals surface area (Å²) in [5, 5.41) is 5.11. The number of amides is 2. The van der Waals surface area contributed by atoms with Crippen molar-refractivity contribution in [2.75, 3.05) is 26.2 Å². The van der Waals surface area contributed by atoms with Crippen molar-refractivity contribution in [1.29, 1.82) is 0 Å². The Kier molecular flexibility index (Phi) is 5.59. The summed E-state index contributed by atoms with van der Waals surface area (Å²) in [6.07, 6.45) is -2.00. The first-order valence-corrected chi connectivity index (χ1v) is 9.62. The first kappa shape index (κ1) is 20.8. The predicted octanol–water partition coefficient (Wildman–Crippen LogP) is 1.81. The topological polar surface area (TPSA) is 91.6 Å². The third-order valence-corrected chi connectivity index (χ3v) is 4.95. The van der Waals surface area contributed by atoms with Crippen LogP contribution in [0.2, 0.25) is 0 Å². The Bertz CT molecular complexity index is 1090. The van der Waals surface area contributed by atoms with Gasteiger partial charge in [-0.1, -0.05) is 12.1 Å². The molecule has 31 heavy (non-hydrogen) atoms. The zero-order valence-electron chi connectivity index (χ0n) is 16.3. The SMILES string of the molecule is O=C(NC(c1ccccn1)C(F)(F)F)c1nc(C(=O)N2CCNCC2)n2ccccc12. The predicted molar refractivity (Wildman–Crippen MR) is 104 cm³/mol. The summed E-state index contributed by atoms with van der Waals surface area (Å²) in [5.41, 5.74) is -0.367. The van der Waals surface area contributed by atoms with E-state index in [1.807, 2.05) is 5.32 Å². The molecule has 3 aromatic heterocycles. The van der Waals surface area contributed by atoms with Crippen LogP contribution < -0.4 is 10.6 Å². The van der Waals surface area contributed by atoms with Crippen molar-refractivity contribution in [3.63, 3.8) is 0 Å². The number of nitrogens with one attached hydrogen (secondary N) is 2. The lowest BCUT2D eigenvalue weighted by molar-refractivity contribution is -0.156. The minimum absolute atomic E-state index is 0.0240. The van der Waals surface area contributed by atoms with E-state index in [9.17, 15) is 22.8 Å². The van der Waals surface area contributed by atoms with Crippen LogP contribution in [0, 0.1) is 0 Å². The van der Waals surface area contributed by atoms with Crippen LogP contribution in [0.4, 0.5) is 13.2 Å². The molecular formula is C20H19F3N6O2. The molecular weight excluding hydrogens is 413 g/mol. The van der Waals surface area contributed by atoms with Crippen molar-refractivity contribution in [2.45, 2.75) is 12.2 Å². The number of carbonyl (C=O) groups is 2. The van der Waals surface area contributed by atoms with Gasteiger partial charge in [-0.05, 0) is 24.3 Å². The Hall–Kier alpha value is -3.47. The van der Waals surface area contributed by atoms with E-state index in [4.69, 9.17) is 0 Å². The van der Waals surface area contributed by atoms with Crippen LogP contribution in [0.1, 0.15) is 32.8 Å². The number of fused-ring (bicyclic) bond motifs is 1. The number of halogens is 3. The molecule has 8 nitrogen and oxygen atoms in total. The van der Waals surface area contributed by atoms with E-state index in [-0.39, 0.29) is 28.6 Å². The van der Waals surface area contributed by atoms with Crippen LogP contribution in [0.15, 0.2) is 48.8 Å². The van der Waals surface area contributed by atoms with Crippen molar-refractivity contribution >= 4 is 17.3 Å². The number of pyridine rings is 2. The molecule has 1 aliphatic heterocycles. The lowest BCUT2D eigenvalue weighted by Gasteiger charge is -2.26. The molecule has 0 bridgehead atoms. The van der Waals surface area contributed by atoms with E-state index in [1.165, 1.54) is 34.9 Å². The first-order chi connectivity index (χ1) is 14.9. The lowest BCUT2D eigenvalue weighted by atomic mass is 10.1. The number of imidazole rings is 1. The summed E-state index contributed by atoms with van der Waals surface area (Å²) in [7, 11) is 0. The standard InChI is InChI=1S/C20H19F3N6O2/c21-20(22,23)16(13-5-1-3-7-25-13)27-18(30)15-14-6-2-4-10-29(14)17(26-15)19(31)28-11-8-24-9-12-28/h1-7,10,16,24H,8-9,11-12H2,(H,27,30). The highest BCUT2D eigenvalue weighted by Gasteiger charge is 2.43. The molecule has 0 saturated carbocycles. The zero-order chi connectivity index (χ0) is 22.0. The molecule has 1 atom stereocenters. The van der Waals surface area contributed by atoms with Crippen molar-refractivity contribution in [3.8, 4) is 0 Å². The highest BCUT2D eigenvalue weighted by atomic mass is 19.4. The fourth-order valence-corrected chi connectivity index (χ4v) is 3.43. The van der Waals surface area contributed by atoms with Crippen LogP contribution in [0.25, 0.3) is 5.52 Å². The van der Waals surface area contributed by atoms with Crippen molar-refractivity contribution < 1.29 is 22.8 Å². The summed E-state index contributed by atoms with van der Waals surface area (Å²) in [4.78, 5) is 35.3. The zero-order valence-corrected chi connectivity index (χ0v) is 16.3. The maximum atomic E-state index is 13.6. The van der Waals surface area contributed by atoms with Gasteiger partial charge in [0.15, 0.2) is 11.7 Å². The summed E-state index contributed by atoms with van der Waals surface area (Å²) in [6, 6.07) is 6.56. The van der Waals surface area contributed by atoms with E-state index in [0.717, 1.165) is 0 Å². The van der Waals surface area contributed by atoms with Crippen LogP contribution >= 0.6 is 0 Å². The Morgan fingerprint density at radius 1 is 1.10 bits per heavy atom. The second-order valence-electron chi connectivity index (χ2n) is 6.98. The summed E-state index contributed by atoms with van der Waals surface area (Å²) in [5.74, 6) is -1.46. The highest BCUT2D eigenvalue weighted by molar-refractivity contribution is 6.02. The van der Waals surface area contributed by atoms with Gasteiger partial charge in [0.2, 0.25) is 5.82 Å².